The third-order valence-electron chi connectivity index (χ3n) is 4.05. The van der Waals surface area contributed by atoms with Crippen LogP contribution >= 0.6 is 0 Å². The molecule has 0 fully saturated rings. The van der Waals surface area contributed by atoms with Gasteiger partial charge in [-0.15, -0.1) is 0 Å². The van der Waals surface area contributed by atoms with Crippen LogP contribution in [0.5, 0.6) is 0 Å². The molecule has 4 aromatic rings. The van der Waals surface area contributed by atoms with Crippen LogP contribution < -0.4 is 5.56 Å². The lowest BCUT2D eigenvalue weighted by molar-refractivity contribution is 0.459. The van der Waals surface area contributed by atoms with Crippen molar-refractivity contribution in [2.45, 2.75) is 0 Å². The normalized spacial score (nSPS) is 11.1. The summed E-state index contributed by atoms with van der Waals surface area (Å²) in [6.07, 6.45) is 0. The monoisotopic (exact) mass is 320 g/mol. The zero-order valence-corrected chi connectivity index (χ0v) is 12.9. The molecule has 0 unspecified atom stereocenters. The van der Waals surface area contributed by atoms with Crippen LogP contribution in [0.3, 0.4) is 0 Å². The molecule has 118 valence electrons. The number of rotatable bonds is 2. The summed E-state index contributed by atoms with van der Waals surface area (Å²) in [6.45, 7) is 0. The maximum Gasteiger partial charge on any atom is 0.264 e. The Balaban J connectivity index is 1.97. The molecule has 4 rings (SSSR count). The summed E-state index contributed by atoms with van der Waals surface area (Å²) in [5.41, 5.74) is 2.93. The van der Waals surface area contributed by atoms with Gasteiger partial charge in [0.15, 0.2) is 5.58 Å². The molecule has 0 spiro atoms. The highest BCUT2D eigenvalue weighted by Crippen LogP contribution is 2.28. The second kappa shape index (κ2) is 5.45. The molecule has 2 aromatic carbocycles. The molecule has 0 radical (unpaired) electrons. The highest BCUT2D eigenvalue weighted by molar-refractivity contribution is 5.92. The summed E-state index contributed by atoms with van der Waals surface area (Å²) in [5.74, 6) is -0.323. The van der Waals surface area contributed by atoms with E-state index in [0.29, 0.717) is 22.4 Å². The predicted octanol–water partition coefficient (Wildman–Crippen LogP) is 4.00. The van der Waals surface area contributed by atoms with Gasteiger partial charge in [-0.2, -0.15) is 0 Å². The van der Waals surface area contributed by atoms with Crippen molar-refractivity contribution in [3.63, 3.8) is 0 Å². The molecule has 4 nitrogen and oxygen atoms in total. The van der Waals surface area contributed by atoms with E-state index in [4.69, 9.17) is 4.52 Å². The Labute approximate surface area is 136 Å². The minimum atomic E-state index is -0.323. The van der Waals surface area contributed by atoms with E-state index in [2.05, 4.69) is 5.16 Å². The van der Waals surface area contributed by atoms with Gasteiger partial charge in [0.25, 0.3) is 5.56 Å². The van der Waals surface area contributed by atoms with Crippen LogP contribution in [0.2, 0.25) is 0 Å². The van der Waals surface area contributed by atoms with Crippen molar-refractivity contribution in [1.29, 1.82) is 0 Å². The molecular formula is C19H13FN2O2. The second-order valence-corrected chi connectivity index (χ2v) is 5.54. The maximum absolute atomic E-state index is 13.1. The number of benzene rings is 2. The van der Waals surface area contributed by atoms with Crippen molar-refractivity contribution in [2.24, 2.45) is 7.05 Å². The molecule has 0 atom stereocenters. The molecule has 2 heterocycles. The number of hydrogen-bond acceptors (Lipinski definition) is 3. The first-order valence-corrected chi connectivity index (χ1v) is 7.46. The van der Waals surface area contributed by atoms with Gasteiger partial charge in [-0.25, -0.2) is 4.39 Å². The first kappa shape index (κ1) is 14.4. The van der Waals surface area contributed by atoms with Gasteiger partial charge in [0, 0.05) is 18.7 Å². The van der Waals surface area contributed by atoms with Gasteiger partial charge in [-0.05, 0) is 29.8 Å². The molecule has 0 bridgehead atoms. The van der Waals surface area contributed by atoms with E-state index in [-0.39, 0.29) is 11.4 Å². The standard InChI is InChI=1S/C19H13FN2O2/c1-22-15(12-7-9-14(20)10-8-12)11-16-17(19(22)23)18(21-24-16)13-5-3-2-4-6-13/h2-11H,1H3. The van der Waals surface area contributed by atoms with Crippen molar-refractivity contribution in [1.82, 2.24) is 9.72 Å². The van der Waals surface area contributed by atoms with Crippen LogP contribution in [0.4, 0.5) is 4.39 Å². The number of hydrogen-bond donors (Lipinski definition) is 0. The predicted molar refractivity (Wildman–Crippen MR) is 90.1 cm³/mol. The average Bonchev–Trinajstić information content (AvgIpc) is 3.04. The molecule has 2 aromatic heterocycles. The van der Waals surface area contributed by atoms with E-state index >= 15 is 0 Å². The van der Waals surface area contributed by atoms with Crippen molar-refractivity contribution in [3.05, 3.63) is 76.8 Å². The smallest absolute Gasteiger partial charge is 0.264 e. The zero-order valence-electron chi connectivity index (χ0n) is 12.9. The van der Waals surface area contributed by atoms with Crippen LogP contribution in [-0.2, 0) is 7.05 Å². The number of aromatic nitrogens is 2. The minimum Gasteiger partial charge on any atom is -0.355 e. The molecule has 0 amide bonds. The van der Waals surface area contributed by atoms with Crippen molar-refractivity contribution >= 4 is 11.0 Å². The fourth-order valence-electron chi connectivity index (χ4n) is 2.80. The lowest BCUT2D eigenvalue weighted by Gasteiger charge is -2.08. The van der Waals surface area contributed by atoms with Gasteiger partial charge < -0.3 is 9.09 Å². The molecule has 0 aliphatic heterocycles. The van der Waals surface area contributed by atoms with Crippen LogP contribution in [0.1, 0.15) is 0 Å². The molecule has 0 aliphatic rings. The molecule has 0 saturated carbocycles. The van der Waals surface area contributed by atoms with Crippen LogP contribution in [0, 0.1) is 5.82 Å². The van der Waals surface area contributed by atoms with Crippen molar-refractivity contribution in [3.8, 4) is 22.5 Å². The van der Waals surface area contributed by atoms with Gasteiger partial charge in [0.1, 0.15) is 16.9 Å². The summed E-state index contributed by atoms with van der Waals surface area (Å²) in [6, 6.07) is 17.2. The van der Waals surface area contributed by atoms with E-state index in [1.807, 2.05) is 30.3 Å². The van der Waals surface area contributed by atoms with Crippen LogP contribution in [-0.4, -0.2) is 9.72 Å². The Kier molecular flexibility index (Phi) is 3.27. The summed E-state index contributed by atoms with van der Waals surface area (Å²) in [7, 11) is 1.68. The lowest BCUT2D eigenvalue weighted by atomic mass is 10.1. The maximum atomic E-state index is 13.1. The quantitative estimate of drug-likeness (QED) is 0.561. The second-order valence-electron chi connectivity index (χ2n) is 5.54. The van der Waals surface area contributed by atoms with Crippen LogP contribution in [0.25, 0.3) is 33.5 Å². The Hall–Kier alpha value is -3.21. The molecular weight excluding hydrogens is 307 g/mol. The van der Waals surface area contributed by atoms with Gasteiger partial charge in [0.05, 0.1) is 5.69 Å². The fraction of sp³-hybridized carbons (Fsp3) is 0.0526. The van der Waals surface area contributed by atoms with E-state index in [1.165, 1.54) is 16.7 Å². The topological polar surface area (TPSA) is 48.0 Å². The van der Waals surface area contributed by atoms with E-state index < -0.39 is 0 Å². The minimum absolute atomic E-state index is 0.202. The van der Waals surface area contributed by atoms with Crippen molar-refractivity contribution in [2.75, 3.05) is 0 Å². The summed E-state index contributed by atoms with van der Waals surface area (Å²) < 4.78 is 20.0. The van der Waals surface area contributed by atoms with Crippen LogP contribution in [0.15, 0.2) is 70.0 Å². The highest BCUT2D eigenvalue weighted by Gasteiger charge is 2.17. The zero-order chi connectivity index (χ0) is 16.7. The van der Waals surface area contributed by atoms with E-state index in [1.54, 1.807) is 25.2 Å². The third kappa shape index (κ3) is 2.22. The first-order chi connectivity index (χ1) is 11.6. The Morgan fingerprint density at radius 1 is 1.00 bits per heavy atom. The average molecular weight is 320 g/mol. The van der Waals surface area contributed by atoms with Crippen molar-refractivity contribution < 1.29 is 8.91 Å². The number of pyridine rings is 1. The molecule has 5 heteroatoms. The number of fused-ring (bicyclic) bond motifs is 1. The highest BCUT2D eigenvalue weighted by atomic mass is 19.1. The first-order valence-electron chi connectivity index (χ1n) is 7.46. The summed E-state index contributed by atoms with van der Waals surface area (Å²) in [4.78, 5) is 12.8. The molecule has 0 N–H and O–H groups in total. The third-order valence-corrected chi connectivity index (χ3v) is 4.05. The molecule has 24 heavy (non-hydrogen) atoms. The Morgan fingerprint density at radius 3 is 2.42 bits per heavy atom. The van der Waals surface area contributed by atoms with Gasteiger partial charge >= 0.3 is 0 Å². The SMILES string of the molecule is Cn1c(-c2ccc(F)cc2)cc2onc(-c3ccccc3)c2c1=O. The Bertz CT molecular complexity index is 1080. The lowest BCUT2D eigenvalue weighted by Crippen LogP contribution is -2.18. The number of halogens is 1. The van der Waals surface area contributed by atoms with E-state index in [0.717, 1.165) is 11.1 Å². The Morgan fingerprint density at radius 2 is 1.71 bits per heavy atom. The summed E-state index contributed by atoms with van der Waals surface area (Å²) in [5, 5.41) is 4.51. The van der Waals surface area contributed by atoms with Gasteiger partial charge in [0.2, 0.25) is 0 Å². The molecule has 0 saturated heterocycles. The van der Waals surface area contributed by atoms with Gasteiger partial charge in [-0.1, -0.05) is 35.5 Å². The van der Waals surface area contributed by atoms with Gasteiger partial charge in [-0.3, -0.25) is 4.79 Å². The largest absolute Gasteiger partial charge is 0.355 e. The molecule has 0 aliphatic carbocycles. The fourth-order valence-corrected chi connectivity index (χ4v) is 2.80. The number of nitrogens with zero attached hydrogens (tertiary/aromatic N) is 2. The van der Waals surface area contributed by atoms with E-state index in [9.17, 15) is 9.18 Å². The summed E-state index contributed by atoms with van der Waals surface area (Å²) >= 11 is 0.